The first kappa shape index (κ1) is 14.4. The Bertz CT molecular complexity index is 608. The molecule has 4 nitrogen and oxygen atoms in total. The first-order chi connectivity index (χ1) is 10.1. The van der Waals surface area contributed by atoms with Crippen LogP contribution < -0.4 is 4.74 Å². The van der Waals surface area contributed by atoms with Crippen LogP contribution in [0.1, 0.15) is 45.1 Å². The maximum Gasteiger partial charge on any atom is 0.228 e. The highest BCUT2D eigenvalue weighted by Crippen LogP contribution is 2.37. The van der Waals surface area contributed by atoms with E-state index < -0.39 is 5.72 Å². The molecule has 3 rings (SSSR count). The minimum atomic E-state index is -0.584. The Kier molecular flexibility index (Phi) is 3.66. The summed E-state index contributed by atoms with van der Waals surface area (Å²) in [6, 6.07) is 5.51. The zero-order chi connectivity index (χ0) is 15.0. The highest BCUT2D eigenvalue weighted by Gasteiger charge is 2.38. The third kappa shape index (κ3) is 2.42. The first-order valence-corrected chi connectivity index (χ1v) is 7.85. The molecule has 0 aliphatic carbocycles. The van der Waals surface area contributed by atoms with Crippen molar-refractivity contribution < 1.29 is 9.53 Å². The predicted molar refractivity (Wildman–Crippen MR) is 82.9 cm³/mol. The van der Waals surface area contributed by atoms with Crippen LogP contribution in [-0.4, -0.2) is 28.9 Å². The molecular formula is C16H19ClN2O2. The Morgan fingerprint density at radius 2 is 2.14 bits per heavy atom. The molecule has 0 bridgehead atoms. The monoisotopic (exact) mass is 306 g/mol. The van der Waals surface area contributed by atoms with Crippen LogP contribution in [0.2, 0.25) is 5.02 Å². The maximum atomic E-state index is 12.1. The fourth-order valence-corrected chi connectivity index (χ4v) is 3.05. The van der Waals surface area contributed by atoms with Crippen LogP contribution in [0.25, 0.3) is 0 Å². The van der Waals surface area contributed by atoms with Gasteiger partial charge in [-0.15, -0.1) is 0 Å². The molecule has 0 radical (unpaired) electrons. The summed E-state index contributed by atoms with van der Waals surface area (Å²) in [4.78, 5) is 18.7. The molecule has 2 aliphatic heterocycles. The molecule has 0 atom stereocenters. The molecule has 2 aliphatic rings. The fourth-order valence-electron chi connectivity index (χ4n) is 2.88. The summed E-state index contributed by atoms with van der Waals surface area (Å²) < 4.78 is 6.11. The summed E-state index contributed by atoms with van der Waals surface area (Å²) in [5.74, 6) is 1.60. The average molecular weight is 307 g/mol. The van der Waals surface area contributed by atoms with Crippen LogP contribution >= 0.6 is 11.6 Å². The Labute approximate surface area is 129 Å². The molecule has 5 heteroatoms. The number of aliphatic imine (C=N–C) groups is 1. The molecule has 0 spiro atoms. The molecule has 1 aromatic rings. The molecule has 0 N–H and O–H groups in total. The van der Waals surface area contributed by atoms with Crippen molar-refractivity contribution >= 4 is 23.3 Å². The van der Waals surface area contributed by atoms with Crippen molar-refractivity contribution in [2.45, 2.75) is 45.3 Å². The van der Waals surface area contributed by atoms with Crippen molar-refractivity contribution in [3.05, 3.63) is 28.8 Å². The van der Waals surface area contributed by atoms with E-state index in [1.165, 1.54) is 0 Å². The first-order valence-electron chi connectivity index (χ1n) is 7.47. The quantitative estimate of drug-likeness (QED) is 0.837. The molecule has 0 saturated carbocycles. The van der Waals surface area contributed by atoms with Crippen molar-refractivity contribution in [2.75, 3.05) is 6.54 Å². The standard InChI is InChI=1S/C16H19ClN2O2/c1-3-16(4-2)18-15(19-9-5-6-14(19)20)12-10-11(17)7-8-13(12)21-16/h7-8,10H,3-6,9H2,1-2H3. The zero-order valence-electron chi connectivity index (χ0n) is 12.4. The van der Waals surface area contributed by atoms with E-state index >= 15 is 0 Å². The topological polar surface area (TPSA) is 41.9 Å². The van der Waals surface area contributed by atoms with Gasteiger partial charge in [0, 0.05) is 30.8 Å². The molecule has 1 fully saturated rings. The third-order valence-corrected chi connectivity index (χ3v) is 4.46. The van der Waals surface area contributed by atoms with Crippen LogP contribution in [0.15, 0.2) is 23.2 Å². The number of hydrogen-bond donors (Lipinski definition) is 0. The Hall–Kier alpha value is -1.55. The van der Waals surface area contributed by atoms with Gasteiger partial charge in [-0.1, -0.05) is 25.4 Å². The number of carbonyl (C=O) groups excluding carboxylic acids is 1. The zero-order valence-corrected chi connectivity index (χ0v) is 13.1. The highest BCUT2D eigenvalue weighted by molar-refractivity contribution is 6.31. The summed E-state index contributed by atoms with van der Waals surface area (Å²) in [5, 5.41) is 0.622. The van der Waals surface area contributed by atoms with Gasteiger partial charge in [-0.3, -0.25) is 9.69 Å². The number of carbonyl (C=O) groups is 1. The second kappa shape index (κ2) is 5.34. The summed E-state index contributed by atoms with van der Waals surface area (Å²) in [6.45, 7) is 4.82. The van der Waals surface area contributed by atoms with Crippen LogP contribution in [-0.2, 0) is 4.79 Å². The van der Waals surface area contributed by atoms with E-state index in [0.717, 1.165) is 30.6 Å². The molecular weight excluding hydrogens is 288 g/mol. The Morgan fingerprint density at radius 3 is 2.76 bits per heavy atom. The SMILES string of the molecule is CCC1(CC)N=C(N2CCCC2=O)c2cc(Cl)ccc2O1. The van der Waals surface area contributed by atoms with Gasteiger partial charge in [0.1, 0.15) is 11.6 Å². The highest BCUT2D eigenvalue weighted by atomic mass is 35.5. The van der Waals surface area contributed by atoms with E-state index in [9.17, 15) is 4.79 Å². The summed E-state index contributed by atoms with van der Waals surface area (Å²) >= 11 is 6.11. The minimum Gasteiger partial charge on any atom is -0.465 e. The van der Waals surface area contributed by atoms with Gasteiger partial charge in [0.25, 0.3) is 0 Å². The summed E-state index contributed by atoms with van der Waals surface area (Å²) in [5.41, 5.74) is 0.231. The molecule has 0 aromatic heterocycles. The summed E-state index contributed by atoms with van der Waals surface area (Å²) in [7, 11) is 0. The van der Waals surface area contributed by atoms with Gasteiger partial charge in [0.05, 0.1) is 5.56 Å². The number of ether oxygens (including phenoxy) is 1. The number of amidine groups is 1. The van der Waals surface area contributed by atoms with E-state index in [0.29, 0.717) is 23.8 Å². The molecule has 0 unspecified atom stereocenters. The van der Waals surface area contributed by atoms with Gasteiger partial charge in [-0.05, 0) is 24.6 Å². The largest absolute Gasteiger partial charge is 0.465 e. The second-order valence-electron chi connectivity index (χ2n) is 5.48. The second-order valence-corrected chi connectivity index (χ2v) is 5.92. The number of amides is 1. The Balaban J connectivity index is 2.14. The van der Waals surface area contributed by atoms with Crippen molar-refractivity contribution in [2.24, 2.45) is 4.99 Å². The molecule has 112 valence electrons. The van der Waals surface area contributed by atoms with Gasteiger partial charge < -0.3 is 4.74 Å². The lowest BCUT2D eigenvalue weighted by Crippen LogP contribution is -2.43. The Morgan fingerprint density at radius 1 is 1.38 bits per heavy atom. The number of benzene rings is 1. The number of fused-ring (bicyclic) bond motifs is 1. The van der Waals surface area contributed by atoms with E-state index in [-0.39, 0.29) is 5.91 Å². The lowest BCUT2D eigenvalue weighted by Gasteiger charge is -2.36. The lowest BCUT2D eigenvalue weighted by molar-refractivity contribution is -0.124. The van der Waals surface area contributed by atoms with Gasteiger partial charge in [0.15, 0.2) is 0 Å². The normalized spacial score (nSPS) is 20.0. The van der Waals surface area contributed by atoms with E-state index in [4.69, 9.17) is 21.3 Å². The van der Waals surface area contributed by atoms with Gasteiger partial charge in [-0.25, -0.2) is 4.99 Å². The summed E-state index contributed by atoms with van der Waals surface area (Å²) in [6.07, 6.45) is 2.98. The van der Waals surface area contributed by atoms with Crippen molar-refractivity contribution in [1.82, 2.24) is 4.90 Å². The minimum absolute atomic E-state index is 0.127. The molecule has 21 heavy (non-hydrogen) atoms. The smallest absolute Gasteiger partial charge is 0.228 e. The third-order valence-electron chi connectivity index (χ3n) is 4.23. The number of hydrogen-bond acceptors (Lipinski definition) is 3. The van der Waals surface area contributed by atoms with Crippen LogP contribution in [0.4, 0.5) is 0 Å². The van der Waals surface area contributed by atoms with Crippen LogP contribution in [0.5, 0.6) is 5.75 Å². The number of likely N-dealkylation sites (tertiary alicyclic amines) is 1. The van der Waals surface area contributed by atoms with E-state index in [1.54, 1.807) is 4.90 Å². The molecule has 1 aromatic carbocycles. The van der Waals surface area contributed by atoms with Crippen LogP contribution in [0, 0.1) is 0 Å². The lowest BCUT2D eigenvalue weighted by atomic mass is 10.0. The molecule has 1 amide bonds. The average Bonchev–Trinajstić information content (AvgIpc) is 2.92. The van der Waals surface area contributed by atoms with Crippen molar-refractivity contribution in [3.63, 3.8) is 0 Å². The predicted octanol–water partition coefficient (Wildman–Crippen LogP) is 3.62. The van der Waals surface area contributed by atoms with Gasteiger partial charge in [-0.2, -0.15) is 0 Å². The van der Waals surface area contributed by atoms with Crippen molar-refractivity contribution in [1.29, 1.82) is 0 Å². The van der Waals surface area contributed by atoms with Crippen LogP contribution in [0.3, 0.4) is 0 Å². The van der Waals surface area contributed by atoms with Crippen molar-refractivity contribution in [3.8, 4) is 5.75 Å². The number of nitrogens with zero attached hydrogens (tertiary/aromatic N) is 2. The van der Waals surface area contributed by atoms with Gasteiger partial charge in [0.2, 0.25) is 11.6 Å². The molecule has 1 saturated heterocycles. The fraction of sp³-hybridized carbons (Fsp3) is 0.500. The number of halogens is 1. The number of rotatable bonds is 2. The van der Waals surface area contributed by atoms with E-state index in [1.807, 2.05) is 18.2 Å². The van der Waals surface area contributed by atoms with Gasteiger partial charge >= 0.3 is 0 Å². The molecule has 2 heterocycles. The maximum absolute atomic E-state index is 12.1. The van der Waals surface area contributed by atoms with E-state index in [2.05, 4.69) is 13.8 Å².